The molecule has 4 aromatic rings. The maximum absolute atomic E-state index is 11.1. The molecule has 152 valence electrons. The molecule has 0 atom stereocenters. The molecule has 0 N–H and O–H groups in total. The van der Waals surface area contributed by atoms with E-state index in [1.165, 1.54) is 6.07 Å². The summed E-state index contributed by atoms with van der Waals surface area (Å²) in [4.78, 5) is 18.5. The van der Waals surface area contributed by atoms with Gasteiger partial charge in [-0.1, -0.05) is 42.5 Å². The molecule has 6 heteroatoms. The van der Waals surface area contributed by atoms with Crippen LogP contribution in [0.1, 0.15) is 21.5 Å². The van der Waals surface area contributed by atoms with Crippen LogP contribution in [0.3, 0.4) is 0 Å². The third-order valence-electron chi connectivity index (χ3n) is 5.06. The van der Waals surface area contributed by atoms with E-state index in [1.807, 2.05) is 61.8 Å². The summed E-state index contributed by atoms with van der Waals surface area (Å²) in [7, 11) is 1.98. The Morgan fingerprint density at radius 1 is 1.06 bits per heavy atom. The molecule has 0 amide bonds. The number of carboxylic acids is 1. The molecule has 0 unspecified atom stereocenters. The Morgan fingerprint density at radius 2 is 1.87 bits per heavy atom. The molecule has 1 aromatic heterocycles. The van der Waals surface area contributed by atoms with Gasteiger partial charge in [-0.2, -0.15) is 5.26 Å². The fraction of sp³-hybridized carbons (Fsp3) is 0.0800. The minimum absolute atomic E-state index is 0.175. The van der Waals surface area contributed by atoms with Crippen LogP contribution in [-0.2, 0) is 5.75 Å². The standard InChI is InChI=1S/C25H19N3O2S/c1-28(22-10-9-19(14-26)20-7-2-3-8-21(20)22)23-15-27-12-11-24(23)31-16-17-5-4-6-18(13-17)25(29)30/h2-13,15H,16H2,1H3,(H,29,30)/p-1. The molecule has 0 spiro atoms. The van der Waals surface area contributed by atoms with Crippen molar-refractivity contribution in [2.24, 2.45) is 0 Å². The van der Waals surface area contributed by atoms with Crippen LogP contribution in [-0.4, -0.2) is 18.0 Å². The molecule has 0 aliphatic carbocycles. The van der Waals surface area contributed by atoms with E-state index in [4.69, 9.17) is 0 Å². The first-order valence-electron chi connectivity index (χ1n) is 9.61. The van der Waals surface area contributed by atoms with Crippen LogP contribution in [0.4, 0.5) is 11.4 Å². The van der Waals surface area contributed by atoms with E-state index >= 15 is 0 Å². The number of thioether (sulfide) groups is 1. The lowest BCUT2D eigenvalue weighted by Crippen LogP contribution is -2.22. The van der Waals surface area contributed by atoms with Crippen molar-refractivity contribution in [1.82, 2.24) is 4.98 Å². The van der Waals surface area contributed by atoms with Gasteiger partial charge in [0.25, 0.3) is 0 Å². The Hall–Kier alpha value is -3.82. The minimum Gasteiger partial charge on any atom is -0.545 e. The van der Waals surface area contributed by atoms with E-state index < -0.39 is 5.97 Å². The van der Waals surface area contributed by atoms with Gasteiger partial charge in [0.2, 0.25) is 0 Å². The molecular formula is C25H18N3O2S-. The Kier molecular flexibility index (Phi) is 5.87. The zero-order chi connectivity index (χ0) is 21.8. The third-order valence-corrected chi connectivity index (χ3v) is 6.20. The fourth-order valence-corrected chi connectivity index (χ4v) is 4.50. The van der Waals surface area contributed by atoms with Crippen LogP contribution in [0.2, 0.25) is 0 Å². The van der Waals surface area contributed by atoms with Gasteiger partial charge in [0.1, 0.15) is 0 Å². The summed E-state index contributed by atoms with van der Waals surface area (Å²) in [6.45, 7) is 0. The number of hydrogen-bond donors (Lipinski definition) is 0. The highest BCUT2D eigenvalue weighted by molar-refractivity contribution is 7.98. The molecule has 31 heavy (non-hydrogen) atoms. The lowest BCUT2D eigenvalue weighted by molar-refractivity contribution is -0.255. The second-order valence-electron chi connectivity index (χ2n) is 6.97. The molecular weight excluding hydrogens is 406 g/mol. The van der Waals surface area contributed by atoms with E-state index in [2.05, 4.69) is 16.0 Å². The van der Waals surface area contributed by atoms with Crippen molar-refractivity contribution < 1.29 is 9.90 Å². The predicted octanol–water partition coefficient (Wildman–Crippen LogP) is 4.53. The number of aromatic nitrogens is 1. The second-order valence-corrected chi connectivity index (χ2v) is 7.99. The molecule has 0 aliphatic heterocycles. The third kappa shape index (κ3) is 4.23. The number of anilines is 2. The summed E-state index contributed by atoms with van der Waals surface area (Å²) in [6, 6.07) is 22.6. The summed E-state index contributed by atoms with van der Waals surface area (Å²) in [6.07, 6.45) is 3.56. The van der Waals surface area contributed by atoms with Gasteiger partial charge < -0.3 is 14.8 Å². The molecule has 1 heterocycles. The van der Waals surface area contributed by atoms with Crippen molar-refractivity contribution in [3.8, 4) is 6.07 Å². The van der Waals surface area contributed by atoms with Gasteiger partial charge in [-0.05, 0) is 35.4 Å². The van der Waals surface area contributed by atoms with Gasteiger partial charge in [0, 0.05) is 40.4 Å². The highest BCUT2D eigenvalue weighted by atomic mass is 32.2. The Morgan fingerprint density at radius 3 is 2.65 bits per heavy atom. The number of fused-ring (bicyclic) bond motifs is 1. The van der Waals surface area contributed by atoms with Crippen molar-refractivity contribution in [2.75, 3.05) is 11.9 Å². The van der Waals surface area contributed by atoms with E-state index in [-0.39, 0.29) is 5.56 Å². The monoisotopic (exact) mass is 424 g/mol. The summed E-state index contributed by atoms with van der Waals surface area (Å²) < 4.78 is 0. The van der Waals surface area contributed by atoms with Crippen LogP contribution in [0.25, 0.3) is 10.8 Å². The van der Waals surface area contributed by atoms with E-state index in [0.29, 0.717) is 11.3 Å². The van der Waals surface area contributed by atoms with Gasteiger partial charge in [-0.15, -0.1) is 11.8 Å². The van der Waals surface area contributed by atoms with Gasteiger partial charge in [0.15, 0.2) is 0 Å². The van der Waals surface area contributed by atoms with Crippen LogP contribution < -0.4 is 10.0 Å². The van der Waals surface area contributed by atoms with E-state index in [1.54, 1.807) is 30.1 Å². The fourth-order valence-electron chi connectivity index (χ4n) is 3.50. The molecule has 0 saturated heterocycles. The minimum atomic E-state index is -1.18. The number of pyridine rings is 1. The van der Waals surface area contributed by atoms with Gasteiger partial charge >= 0.3 is 0 Å². The predicted molar refractivity (Wildman–Crippen MR) is 121 cm³/mol. The molecule has 0 aliphatic rings. The average molecular weight is 425 g/mol. The molecule has 0 fully saturated rings. The normalized spacial score (nSPS) is 10.6. The summed E-state index contributed by atoms with van der Waals surface area (Å²) in [5, 5.41) is 22.5. The molecule has 5 nitrogen and oxygen atoms in total. The lowest BCUT2D eigenvalue weighted by Gasteiger charge is -2.24. The van der Waals surface area contributed by atoms with Gasteiger partial charge in [0.05, 0.1) is 29.5 Å². The maximum atomic E-state index is 11.1. The lowest BCUT2D eigenvalue weighted by atomic mass is 10.0. The molecule has 0 radical (unpaired) electrons. The molecule has 0 saturated carbocycles. The number of carbonyl (C=O) groups excluding carboxylic acids is 1. The largest absolute Gasteiger partial charge is 0.545 e. The summed E-state index contributed by atoms with van der Waals surface area (Å²) >= 11 is 1.61. The quantitative estimate of drug-likeness (QED) is 0.423. The van der Waals surface area contributed by atoms with E-state index in [9.17, 15) is 15.2 Å². The van der Waals surface area contributed by atoms with Crippen molar-refractivity contribution >= 4 is 39.9 Å². The zero-order valence-electron chi connectivity index (χ0n) is 16.8. The van der Waals surface area contributed by atoms with Gasteiger partial charge in [-0.3, -0.25) is 4.98 Å². The number of carbonyl (C=O) groups is 1. The van der Waals surface area contributed by atoms with Gasteiger partial charge in [-0.25, -0.2) is 0 Å². The van der Waals surface area contributed by atoms with Crippen molar-refractivity contribution in [2.45, 2.75) is 10.6 Å². The average Bonchev–Trinajstić information content (AvgIpc) is 2.82. The number of benzene rings is 3. The van der Waals surface area contributed by atoms with Crippen LogP contribution in [0, 0.1) is 11.3 Å². The first-order valence-corrected chi connectivity index (χ1v) is 10.6. The summed E-state index contributed by atoms with van der Waals surface area (Å²) in [5.41, 5.74) is 3.62. The Balaban J connectivity index is 1.66. The van der Waals surface area contributed by atoms with Crippen LogP contribution in [0.5, 0.6) is 0 Å². The topological polar surface area (TPSA) is 80.1 Å². The molecule has 4 rings (SSSR count). The SMILES string of the molecule is CN(c1cnccc1SCc1cccc(C(=O)[O-])c1)c1ccc(C#N)c2ccccc12. The second kappa shape index (κ2) is 8.90. The number of rotatable bonds is 6. The number of aromatic carboxylic acids is 1. The number of nitrogens with zero attached hydrogens (tertiary/aromatic N) is 3. The molecule has 0 bridgehead atoms. The van der Waals surface area contributed by atoms with E-state index in [0.717, 1.165) is 32.6 Å². The smallest absolute Gasteiger partial charge is 0.0998 e. The first-order chi connectivity index (χ1) is 15.1. The summed E-state index contributed by atoms with van der Waals surface area (Å²) in [5.74, 6) is -0.566. The number of carboxylic acid groups (broad SMARTS) is 1. The Labute approximate surface area is 184 Å². The van der Waals surface area contributed by atoms with Crippen molar-refractivity contribution in [3.63, 3.8) is 0 Å². The number of hydrogen-bond acceptors (Lipinski definition) is 6. The first kappa shape index (κ1) is 20.5. The maximum Gasteiger partial charge on any atom is 0.0998 e. The Bertz CT molecular complexity index is 1310. The molecule has 3 aromatic carbocycles. The van der Waals surface area contributed by atoms with Crippen LogP contribution >= 0.6 is 11.8 Å². The van der Waals surface area contributed by atoms with Crippen molar-refractivity contribution in [3.05, 3.63) is 95.8 Å². The van der Waals surface area contributed by atoms with Crippen LogP contribution in [0.15, 0.2) is 84.0 Å². The zero-order valence-corrected chi connectivity index (χ0v) is 17.6. The highest BCUT2D eigenvalue weighted by Crippen LogP contribution is 2.38. The van der Waals surface area contributed by atoms with Crippen molar-refractivity contribution in [1.29, 1.82) is 5.26 Å². The number of nitriles is 1. The highest BCUT2D eigenvalue weighted by Gasteiger charge is 2.14.